The third kappa shape index (κ3) is 3.90. The lowest BCUT2D eigenvalue weighted by Crippen LogP contribution is -2.28. The summed E-state index contributed by atoms with van der Waals surface area (Å²) in [5.41, 5.74) is 6.76. The fourth-order valence-corrected chi connectivity index (χ4v) is 2.77. The molecule has 1 aliphatic carbocycles. The molecule has 122 valence electrons. The minimum atomic E-state index is -0.189. The van der Waals surface area contributed by atoms with Gasteiger partial charge in [0.05, 0.1) is 12.3 Å². The largest absolute Gasteiger partial charge is 0.452 e. The maximum absolute atomic E-state index is 9.62. The van der Waals surface area contributed by atoms with Crippen molar-refractivity contribution in [2.24, 2.45) is 0 Å². The van der Waals surface area contributed by atoms with Gasteiger partial charge in [0.15, 0.2) is 11.6 Å². The standard InChI is InChI=1S/C17H22N4O2/c1-11-4-2-3-5-14(11)23-15-10-19-17(18)21-16(15)20-12-6-8-13(22)9-7-12/h2-5,10,12-13,22H,6-9H2,1H3,(H3,18,19,20,21)/t12-,13-. The van der Waals surface area contributed by atoms with E-state index in [9.17, 15) is 5.11 Å². The fraction of sp³-hybridized carbons (Fsp3) is 0.412. The van der Waals surface area contributed by atoms with Gasteiger partial charge in [0.25, 0.3) is 0 Å². The smallest absolute Gasteiger partial charge is 0.222 e. The van der Waals surface area contributed by atoms with Gasteiger partial charge in [-0.3, -0.25) is 0 Å². The first kappa shape index (κ1) is 15.6. The number of para-hydroxylation sites is 1. The molecule has 0 radical (unpaired) electrons. The summed E-state index contributed by atoms with van der Waals surface area (Å²) in [7, 11) is 0. The topological polar surface area (TPSA) is 93.3 Å². The quantitative estimate of drug-likeness (QED) is 0.803. The van der Waals surface area contributed by atoms with E-state index in [1.807, 2.05) is 31.2 Å². The van der Waals surface area contributed by atoms with Crippen molar-refractivity contribution < 1.29 is 9.84 Å². The molecule has 6 nitrogen and oxygen atoms in total. The van der Waals surface area contributed by atoms with Crippen LogP contribution in [-0.2, 0) is 0 Å². The molecule has 3 rings (SSSR count). The first-order valence-electron chi connectivity index (χ1n) is 7.92. The molecule has 0 aliphatic heterocycles. The van der Waals surface area contributed by atoms with Crippen LogP contribution in [0.25, 0.3) is 0 Å². The molecule has 6 heteroatoms. The number of benzene rings is 1. The van der Waals surface area contributed by atoms with E-state index in [0.29, 0.717) is 11.6 Å². The third-order valence-electron chi connectivity index (χ3n) is 4.12. The highest BCUT2D eigenvalue weighted by atomic mass is 16.5. The number of aliphatic hydroxyl groups is 1. The second-order valence-electron chi connectivity index (χ2n) is 5.96. The number of rotatable bonds is 4. The zero-order valence-electron chi connectivity index (χ0n) is 13.2. The van der Waals surface area contributed by atoms with Crippen molar-refractivity contribution in [1.29, 1.82) is 0 Å². The molecule has 1 fully saturated rings. The van der Waals surface area contributed by atoms with Gasteiger partial charge in [-0.15, -0.1) is 0 Å². The summed E-state index contributed by atoms with van der Waals surface area (Å²) in [6, 6.07) is 8.05. The number of nitrogens with zero attached hydrogens (tertiary/aromatic N) is 2. The normalized spacial score (nSPS) is 21.0. The molecule has 1 aliphatic rings. The molecular formula is C17H22N4O2. The van der Waals surface area contributed by atoms with Gasteiger partial charge in [-0.25, -0.2) is 4.98 Å². The van der Waals surface area contributed by atoms with Crippen molar-refractivity contribution in [1.82, 2.24) is 9.97 Å². The first-order chi connectivity index (χ1) is 11.1. The molecule has 1 heterocycles. The maximum atomic E-state index is 9.62. The van der Waals surface area contributed by atoms with Crippen LogP contribution in [0.4, 0.5) is 11.8 Å². The summed E-state index contributed by atoms with van der Waals surface area (Å²) in [4.78, 5) is 8.31. The minimum Gasteiger partial charge on any atom is -0.452 e. The maximum Gasteiger partial charge on any atom is 0.222 e. The van der Waals surface area contributed by atoms with Gasteiger partial charge < -0.3 is 20.9 Å². The third-order valence-corrected chi connectivity index (χ3v) is 4.12. The number of hydrogen-bond donors (Lipinski definition) is 3. The number of aromatic nitrogens is 2. The van der Waals surface area contributed by atoms with Gasteiger partial charge in [-0.1, -0.05) is 18.2 Å². The van der Waals surface area contributed by atoms with E-state index in [1.54, 1.807) is 6.20 Å². The van der Waals surface area contributed by atoms with Crippen LogP contribution in [0.5, 0.6) is 11.5 Å². The highest BCUT2D eigenvalue weighted by Gasteiger charge is 2.21. The summed E-state index contributed by atoms with van der Waals surface area (Å²) in [5, 5.41) is 13.0. The average Bonchev–Trinajstić information content (AvgIpc) is 2.54. The molecule has 1 saturated carbocycles. The Bertz CT molecular complexity index is 669. The molecule has 0 amide bonds. The Balaban J connectivity index is 1.79. The van der Waals surface area contributed by atoms with E-state index in [-0.39, 0.29) is 18.1 Å². The predicted octanol–water partition coefficient (Wildman–Crippen LogP) is 2.87. The molecule has 2 aromatic rings. The van der Waals surface area contributed by atoms with Crippen molar-refractivity contribution in [2.75, 3.05) is 11.1 Å². The van der Waals surface area contributed by atoms with Gasteiger partial charge in [-0.2, -0.15) is 4.98 Å². The number of nitrogens with one attached hydrogen (secondary N) is 1. The van der Waals surface area contributed by atoms with Crippen LogP contribution in [0.1, 0.15) is 31.2 Å². The van der Waals surface area contributed by atoms with Crippen molar-refractivity contribution >= 4 is 11.8 Å². The predicted molar refractivity (Wildman–Crippen MR) is 89.6 cm³/mol. The molecular weight excluding hydrogens is 292 g/mol. The van der Waals surface area contributed by atoms with Gasteiger partial charge in [0.2, 0.25) is 5.95 Å². The van der Waals surface area contributed by atoms with Gasteiger partial charge in [0.1, 0.15) is 5.75 Å². The van der Waals surface area contributed by atoms with E-state index < -0.39 is 0 Å². The van der Waals surface area contributed by atoms with Crippen LogP contribution >= 0.6 is 0 Å². The summed E-state index contributed by atoms with van der Waals surface area (Å²) in [6.07, 6.45) is 4.79. The number of anilines is 2. The van der Waals surface area contributed by atoms with Gasteiger partial charge >= 0.3 is 0 Å². The highest BCUT2D eigenvalue weighted by Crippen LogP contribution is 2.31. The Kier molecular flexibility index (Phi) is 4.62. The zero-order valence-corrected chi connectivity index (χ0v) is 13.2. The lowest BCUT2D eigenvalue weighted by Gasteiger charge is -2.27. The second-order valence-corrected chi connectivity index (χ2v) is 5.96. The van der Waals surface area contributed by atoms with Crippen LogP contribution in [0.15, 0.2) is 30.5 Å². The van der Waals surface area contributed by atoms with Crippen LogP contribution in [0.3, 0.4) is 0 Å². The summed E-state index contributed by atoms with van der Waals surface area (Å²) in [6.45, 7) is 1.99. The second kappa shape index (κ2) is 6.83. The lowest BCUT2D eigenvalue weighted by atomic mass is 9.93. The summed E-state index contributed by atoms with van der Waals surface area (Å²) in [5.74, 6) is 2.13. The highest BCUT2D eigenvalue weighted by molar-refractivity contribution is 5.54. The molecule has 0 spiro atoms. The van der Waals surface area contributed by atoms with Crippen molar-refractivity contribution in [3.8, 4) is 11.5 Å². The van der Waals surface area contributed by atoms with Gasteiger partial charge in [0, 0.05) is 6.04 Å². The molecule has 1 aromatic heterocycles. The van der Waals surface area contributed by atoms with Crippen molar-refractivity contribution in [3.63, 3.8) is 0 Å². The van der Waals surface area contributed by atoms with Crippen molar-refractivity contribution in [3.05, 3.63) is 36.0 Å². The lowest BCUT2D eigenvalue weighted by molar-refractivity contribution is 0.126. The molecule has 1 aromatic carbocycles. The Morgan fingerprint density at radius 3 is 2.65 bits per heavy atom. The number of hydrogen-bond acceptors (Lipinski definition) is 6. The zero-order chi connectivity index (χ0) is 16.2. The molecule has 0 atom stereocenters. The van der Waals surface area contributed by atoms with Crippen LogP contribution in [0.2, 0.25) is 0 Å². The minimum absolute atomic E-state index is 0.189. The Morgan fingerprint density at radius 1 is 1.17 bits per heavy atom. The van der Waals surface area contributed by atoms with Crippen molar-refractivity contribution in [2.45, 2.75) is 44.8 Å². The Labute approximate surface area is 135 Å². The van der Waals surface area contributed by atoms with Gasteiger partial charge in [-0.05, 0) is 44.2 Å². The van der Waals surface area contributed by atoms with Crippen LogP contribution in [-0.4, -0.2) is 27.2 Å². The van der Waals surface area contributed by atoms with E-state index in [1.165, 1.54) is 0 Å². The van der Waals surface area contributed by atoms with Crippen LogP contribution < -0.4 is 15.8 Å². The summed E-state index contributed by atoms with van der Waals surface area (Å²) >= 11 is 0. The molecule has 0 bridgehead atoms. The van der Waals surface area contributed by atoms with E-state index >= 15 is 0 Å². The number of nitrogen functional groups attached to an aromatic ring is 1. The van der Waals surface area contributed by atoms with E-state index in [2.05, 4.69) is 15.3 Å². The number of nitrogens with two attached hydrogens (primary N) is 1. The van der Waals surface area contributed by atoms with E-state index in [4.69, 9.17) is 10.5 Å². The monoisotopic (exact) mass is 314 g/mol. The Morgan fingerprint density at radius 2 is 1.91 bits per heavy atom. The molecule has 4 N–H and O–H groups in total. The molecule has 0 unspecified atom stereocenters. The molecule has 0 saturated heterocycles. The first-order valence-corrected chi connectivity index (χ1v) is 7.92. The number of ether oxygens (including phenoxy) is 1. The van der Waals surface area contributed by atoms with Crippen LogP contribution in [0, 0.1) is 6.92 Å². The SMILES string of the molecule is Cc1ccccc1Oc1cnc(N)nc1N[C@H]1CC[C@H](O)CC1. The molecule has 23 heavy (non-hydrogen) atoms. The average molecular weight is 314 g/mol. The summed E-state index contributed by atoms with van der Waals surface area (Å²) < 4.78 is 5.97. The Hall–Kier alpha value is -2.34. The number of aryl methyl sites for hydroxylation is 1. The number of aliphatic hydroxyl groups excluding tert-OH is 1. The van der Waals surface area contributed by atoms with E-state index in [0.717, 1.165) is 37.0 Å². The fourth-order valence-electron chi connectivity index (χ4n) is 2.77.